The highest BCUT2D eigenvalue weighted by atomic mass is 35.5. The van der Waals surface area contributed by atoms with E-state index in [1.165, 1.54) is 12.8 Å². The van der Waals surface area contributed by atoms with Crippen LogP contribution in [-0.2, 0) is 0 Å². The molecule has 0 aromatic heterocycles. The predicted molar refractivity (Wildman–Crippen MR) is 93.8 cm³/mol. The van der Waals surface area contributed by atoms with Crippen LogP contribution in [0.5, 0.6) is 5.75 Å². The van der Waals surface area contributed by atoms with Gasteiger partial charge in [-0.05, 0) is 50.6 Å². The molecule has 0 radical (unpaired) electrons. The van der Waals surface area contributed by atoms with Gasteiger partial charge in [-0.1, -0.05) is 38.8 Å². The molecule has 0 fully saturated rings. The standard InChI is InChI=1S/C18H30ClNO2/c1-4-7-11-20(6-3)12-10-17(21)16-14-15(19)8-9-18(16)22-13-5-2/h8-9,14,17,21H,4-7,10-13H2,1-3H3. The third kappa shape index (κ3) is 6.55. The summed E-state index contributed by atoms with van der Waals surface area (Å²) in [4.78, 5) is 2.38. The molecule has 0 saturated heterocycles. The van der Waals surface area contributed by atoms with Gasteiger partial charge in [0, 0.05) is 17.1 Å². The molecule has 1 aromatic rings. The van der Waals surface area contributed by atoms with Gasteiger partial charge in [0.1, 0.15) is 5.75 Å². The summed E-state index contributed by atoms with van der Waals surface area (Å²) in [5.74, 6) is 0.746. The van der Waals surface area contributed by atoms with Crippen molar-refractivity contribution in [3.63, 3.8) is 0 Å². The lowest BCUT2D eigenvalue weighted by atomic mass is 10.0. The third-order valence-electron chi connectivity index (χ3n) is 3.79. The van der Waals surface area contributed by atoms with Crippen LogP contribution in [0.1, 0.15) is 58.1 Å². The van der Waals surface area contributed by atoms with Crippen molar-refractivity contribution in [3.8, 4) is 5.75 Å². The average Bonchev–Trinajstić information content (AvgIpc) is 2.53. The minimum atomic E-state index is -0.541. The molecule has 0 amide bonds. The fourth-order valence-corrected chi connectivity index (χ4v) is 2.57. The highest BCUT2D eigenvalue weighted by Gasteiger charge is 2.15. The van der Waals surface area contributed by atoms with E-state index >= 15 is 0 Å². The Morgan fingerprint density at radius 1 is 1.18 bits per heavy atom. The molecular formula is C18H30ClNO2. The molecule has 0 saturated carbocycles. The Bertz CT molecular complexity index is 426. The zero-order valence-electron chi connectivity index (χ0n) is 14.1. The van der Waals surface area contributed by atoms with Crippen molar-refractivity contribution in [2.24, 2.45) is 0 Å². The fourth-order valence-electron chi connectivity index (χ4n) is 2.39. The lowest BCUT2D eigenvalue weighted by Crippen LogP contribution is -2.26. The van der Waals surface area contributed by atoms with E-state index in [-0.39, 0.29) is 0 Å². The van der Waals surface area contributed by atoms with Crippen molar-refractivity contribution in [3.05, 3.63) is 28.8 Å². The van der Waals surface area contributed by atoms with E-state index in [4.69, 9.17) is 16.3 Å². The van der Waals surface area contributed by atoms with Crippen LogP contribution >= 0.6 is 11.6 Å². The number of aliphatic hydroxyl groups is 1. The van der Waals surface area contributed by atoms with Crippen molar-refractivity contribution in [2.45, 2.75) is 52.6 Å². The highest BCUT2D eigenvalue weighted by Crippen LogP contribution is 2.30. The molecule has 1 N–H and O–H groups in total. The van der Waals surface area contributed by atoms with Crippen LogP contribution < -0.4 is 4.74 Å². The molecule has 0 aliphatic rings. The first-order chi connectivity index (χ1) is 10.6. The summed E-state index contributed by atoms with van der Waals surface area (Å²) in [6, 6.07) is 5.48. The highest BCUT2D eigenvalue weighted by molar-refractivity contribution is 6.30. The van der Waals surface area contributed by atoms with Crippen LogP contribution in [0.2, 0.25) is 5.02 Å². The van der Waals surface area contributed by atoms with Crippen LogP contribution in [0.25, 0.3) is 0 Å². The Morgan fingerprint density at radius 2 is 1.95 bits per heavy atom. The summed E-state index contributed by atoms with van der Waals surface area (Å²) in [6.07, 6.45) is 3.49. The summed E-state index contributed by atoms with van der Waals surface area (Å²) in [7, 11) is 0. The molecule has 1 unspecified atom stereocenters. The summed E-state index contributed by atoms with van der Waals surface area (Å²) in [5.41, 5.74) is 0.799. The molecule has 1 aromatic carbocycles. The van der Waals surface area contributed by atoms with Gasteiger partial charge in [0.05, 0.1) is 12.7 Å². The maximum absolute atomic E-state index is 10.5. The molecule has 1 rings (SSSR count). The molecule has 0 spiro atoms. The van der Waals surface area contributed by atoms with E-state index in [0.29, 0.717) is 18.1 Å². The van der Waals surface area contributed by atoms with E-state index in [9.17, 15) is 5.11 Å². The molecule has 0 aliphatic carbocycles. The smallest absolute Gasteiger partial charge is 0.125 e. The Hall–Kier alpha value is -0.770. The van der Waals surface area contributed by atoms with Gasteiger partial charge in [0.25, 0.3) is 0 Å². The van der Waals surface area contributed by atoms with E-state index in [2.05, 4.69) is 25.7 Å². The number of unbranched alkanes of at least 4 members (excludes halogenated alkanes) is 1. The van der Waals surface area contributed by atoms with Gasteiger partial charge in [-0.3, -0.25) is 0 Å². The number of hydrogen-bond acceptors (Lipinski definition) is 3. The molecular weight excluding hydrogens is 298 g/mol. The van der Waals surface area contributed by atoms with Crippen LogP contribution in [0.4, 0.5) is 0 Å². The average molecular weight is 328 g/mol. The van der Waals surface area contributed by atoms with Crippen molar-refractivity contribution in [1.29, 1.82) is 0 Å². The van der Waals surface area contributed by atoms with Gasteiger partial charge < -0.3 is 14.7 Å². The summed E-state index contributed by atoms with van der Waals surface area (Å²) in [6.45, 7) is 10.1. The van der Waals surface area contributed by atoms with Crippen LogP contribution in [0.3, 0.4) is 0 Å². The largest absolute Gasteiger partial charge is 0.493 e. The second-order valence-electron chi connectivity index (χ2n) is 5.62. The first-order valence-electron chi connectivity index (χ1n) is 8.44. The number of aliphatic hydroxyl groups excluding tert-OH is 1. The number of halogens is 1. The normalized spacial score (nSPS) is 12.6. The van der Waals surface area contributed by atoms with Gasteiger partial charge in [-0.25, -0.2) is 0 Å². The summed E-state index contributed by atoms with van der Waals surface area (Å²) < 4.78 is 5.73. The number of nitrogens with zero attached hydrogens (tertiary/aromatic N) is 1. The maximum Gasteiger partial charge on any atom is 0.125 e. The molecule has 1 atom stereocenters. The van der Waals surface area contributed by atoms with Gasteiger partial charge in [-0.2, -0.15) is 0 Å². The molecule has 0 heterocycles. The van der Waals surface area contributed by atoms with E-state index in [1.54, 1.807) is 0 Å². The van der Waals surface area contributed by atoms with Crippen LogP contribution in [-0.4, -0.2) is 36.2 Å². The lowest BCUT2D eigenvalue weighted by molar-refractivity contribution is 0.138. The summed E-state index contributed by atoms with van der Waals surface area (Å²) >= 11 is 6.08. The van der Waals surface area contributed by atoms with E-state index in [0.717, 1.165) is 37.4 Å². The van der Waals surface area contributed by atoms with Crippen LogP contribution in [0, 0.1) is 0 Å². The first kappa shape index (κ1) is 19.3. The second-order valence-corrected chi connectivity index (χ2v) is 6.06. The minimum absolute atomic E-state index is 0.541. The predicted octanol–water partition coefficient (Wildman–Crippen LogP) is 4.67. The topological polar surface area (TPSA) is 32.7 Å². The second kappa shape index (κ2) is 10.9. The SMILES string of the molecule is CCCCN(CC)CCC(O)c1cc(Cl)ccc1OCCC. The molecule has 126 valence electrons. The van der Waals surface area contributed by atoms with Crippen LogP contribution in [0.15, 0.2) is 18.2 Å². The van der Waals surface area contributed by atoms with Crippen molar-refractivity contribution >= 4 is 11.6 Å². The zero-order chi connectivity index (χ0) is 16.4. The maximum atomic E-state index is 10.5. The number of ether oxygens (including phenoxy) is 1. The Labute approximate surface area is 140 Å². The van der Waals surface area contributed by atoms with Gasteiger partial charge in [0.2, 0.25) is 0 Å². The number of rotatable bonds is 11. The van der Waals surface area contributed by atoms with E-state index < -0.39 is 6.10 Å². The molecule has 22 heavy (non-hydrogen) atoms. The summed E-state index contributed by atoms with van der Waals surface area (Å²) in [5, 5.41) is 11.2. The van der Waals surface area contributed by atoms with Crippen molar-refractivity contribution < 1.29 is 9.84 Å². The van der Waals surface area contributed by atoms with Crippen molar-refractivity contribution in [1.82, 2.24) is 4.90 Å². The van der Waals surface area contributed by atoms with Gasteiger partial charge in [0.15, 0.2) is 0 Å². The Morgan fingerprint density at radius 3 is 2.59 bits per heavy atom. The lowest BCUT2D eigenvalue weighted by Gasteiger charge is -2.23. The Balaban J connectivity index is 2.66. The molecule has 4 heteroatoms. The molecule has 0 bridgehead atoms. The quantitative estimate of drug-likeness (QED) is 0.641. The van der Waals surface area contributed by atoms with Crippen molar-refractivity contribution in [2.75, 3.05) is 26.2 Å². The first-order valence-corrected chi connectivity index (χ1v) is 8.82. The Kier molecular flexibility index (Phi) is 9.53. The minimum Gasteiger partial charge on any atom is -0.493 e. The number of hydrogen-bond donors (Lipinski definition) is 1. The molecule has 3 nitrogen and oxygen atoms in total. The monoisotopic (exact) mass is 327 g/mol. The fraction of sp³-hybridized carbons (Fsp3) is 0.667. The number of benzene rings is 1. The van der Waals surface area contributed by atoms with Gasteiger partial charge in [-0.15, -0.1) is 0 Å². The zero-order valence-corrected chi connectivity index (χ0v) is 14.9. The van der Waals surface area contributed by atoms with E-state index in [1.807, 2.05) is 18.2 Å². The van der Waals surface area contributed by atoms with Gasteiger partial charge >= 0.3 is 0 Å². The molecule has 0 aliphatic heterocycles. The third-order valence-corrected chi connectivity index (χ3v) is 4.02.